The molecule has 0 aliphatic heterocycles. The zero-order valence-corrected chi connectivity index (χ0v) is 12.3. The molecule has 0 atom stereocenters. The lowest BCUT2D eigenvalue weighted by molar-refractivity contribution is 0.686. The van der Waals surface area contributed by atoms with Crippen molar-refractivity contribution in [2.75, 3.05) is 5.32 Å². The highest BCUT2D eigenvalue weighted by atomic mass is 15.2. The number of imidazole rings is 1. The molecule has 0 aliphatic rings. The van der Waals surface area contributed by atoms with Gasteiger partial charge in [-0.2, -0.15) is 0 Å². The molecule has 19 heavy (non-hydrogen) atoms. The van der Waals surface area contributed by atoms with E-state index < -0.39 is 0 Å². The van der Waals surface area contributed by atoms with Crippen molar-refractivity contribution in [3.05, 3.63) is 41.7 Å². The lowest BCUT2D eigenvalue weighted by atomic mass is 10.0. The summed E-state index contributed by atoms with van der Waals surface area (Å²) in [5.74, 6) is 1.47. The van der Waals surface area contributed by atoms with Gasteiger partial charge < -0.3 is 9.88 Å². The number of nitrogens with one attached hydrogen (secondary N) is 1. The number of nitrogens with zero attached hydrogens (tertiary/aromatic N) is 2. The van der Waals surface area contributed by atoms with E-state index in [9.17, 15) is 0 Å². The van der Waals surface area contributed by atoms with Crippen LogP contribution in [0.4, 0.5) is 11.6 Å². The van der Waals surface area contributed by atoms with Crippen LogP contribution in [0.15, 0.2) is 30.5 Å². The minimum Gasteiger partial charge on any atom is -0.326 e. The largest absolute Gasteiger partial charge is 0.326 e. The highest BCUT2D eigenvalue weighted by molar-refractivity contribution is 5.55. The number of benzene rings is 1. The van der Waals surface area contributed by atoms with Crippen molar-refractivity contribution in [2.45, 2.75) is 46.6 Å². The van der Waals surface area contributed by atoms with E-state index in [-0.39, 0.29) is 0 Å². The minimum atomic E-state index is 0.541. The molecule has 2 aromatic rings. The van der Waals surface area contributed by atoms with Crippen molar-refractivity contribution >= 4 is 11.6 Å². The van der Waals surface area contributed by atoms with Gasteiger partial charge in [-0.05, 0) is 37.0 Å². The Hall–Kier alpha value is -1.77. The van der Waals surface area contributed by atoms with Crippen LogP contribution in [-0.2, 0) is 6.54 Å². The zero-order chi connectivity index (χ0) is 13.8. The fraction of sp³-hybridized carbons (Fsp3) is 0.438. The third-order valence-corrected chi connectivity index (χ3v) is 3.17. The highest BCUT2D eigenvalue weighted by Crippen LogP contribution is 2.21. The van der Waals surface area contributed by atoms with Crippen molar-refractivity contribution in [3.8, 4) is 0 Å². The van der Waals surface area contributed by atoms with Gasteiger partial charge in [-0.1, -0.05) is 32.9 Å². The molecule has 0 fully saturated rings. The molecule has 102 valence electrons. The summed E-state index contributed by atoms with van der Waals surface area (Å²) in [7, 11) is 0. The third kappa shape index (κ3) is 3.37. The van der Waals surface area contributed by atoms with Gasteiger partial charge in [0.15, 0.2) is 0 Å². The lowest BCUT2D eigenvalue weighted by Crippen LogP contribution is -2.03. The lowest BCUT2D eigenvalue weighted by Gasteiger charge is -2.11. The Balaban J connectivity index is 2.23. The molecular weight excluding hydrogens is 234 g/mol. The quantitative estimate of drug-likeness (QED) is 0.856. The zero-order valence-electron chi connectivity index (χ0n) is 12.3. The van der Waals surface area contributed by atoms with Gasteiger partial charge in [0.25, 0.3) is 0 Å². The van der Waals surface area contributed by atoms with Gasteiger partial charge in [-0.25, -0.2) is 4.98 Å². The van der Waals surface area contributed by atoms with Crippen molar-refractivity contribution in [1.82, 2.24) is 9.55 Å². The van der Waals surface area contributed by atoms with Gasteiger partial charge in [-0.3, -0.25) is 0 Å². The Morgan fingerprint density at radius 3 is 2.79 bits per heavy atom. The van der Waals surface area contributed by atoms with Crippen LogP contribution in [0.25, 0.3) is 0 Å². The Bertz CT molecular complexity index is 541. The summed E-state index contributed by atoms with van der Waals surface area (Å²) < 4.78 is 2.18. The van der Waals surface area contributed by atoms with Crippen molar-refractivity contribution < 1.29 is 0 Å². The van der Waals surface area contributed by atoms with E-state index in [1.807, 2.05) is 6.92 Å². The third-order valence-electron chi connectivity index (χ3n) is 3.17. The average Bonchev–Trinajstić information content (AvgIpc) is 2.70. The second-order valence-corrected chi connectivity index (χ2v) is 5.30. The minimum absolute atomic E-state index is 0.541. The maximum Gasteiger partial charge on any atom is 0.207 e. The molecule has 0 aliphatic carbocycles. The predicted molar refractivity (Wildman–Crippen MR) is 81.1 cm³/mol. The van der Waals surface area contributed by atoms with E-state index >= 15 is 0 Å². The fourth-order valence-electron chi connectivity index (χ4n) is 2.16. The van der Waals surface area contributed by atoms with Crippen LogP contribution in [-0.4, -0.2) is 9.55 Å². The first-order chi connectivity index (χ1) is 9.10. The molecule has 0 saturated carbocycles. The predicted octanol–water partition coefficient (Wildman–Crippen LogP) is 4.47. The highest BCUT2D eigenvalue weighted by Gasteiger charge is 2.06. The van der Waals surface area contributed by atoms with E-state index in [1.165, 1.54) is 5.56 Å². The molecule has 0 bridgehead atoms. The summed E-state index contributed by atoms with van der Waals surface area (Å²) >= 11 is 0. The van der Waals surface area contributed by atoms with Gasteiger partial charge >= 0.3 is 0 Å². The number of hydrogen-bond donors (Lipinski definition) is 1. The standard InChI is InChI=1S/C16H23N3/c1-5-9-19-11-13(4)17-16(19)18-15-8-6-7-14(10-15)12(2)3/h6-8,10-12H,5,9H2,1-4H3,(H,17,18). The van der Waals surface area contributed by atoms with Crippen LogP contribution in [0.5, 0.6) is 0 Å². The van der Waals surface area contributed by atoms with Crippen LogP contribution in [0.2, 0.25) is 0 Å². The number of hydrogen-bond acceptors (Lipinski definition) is 2. The molecule has 0 radical (unpaired) electrons. The maximum atomic E-state index is 4.55. The second kappa shape index (κ2) is 5.91. The molecule has 1 aromatic heterocycles. The van der Waals surface area contributed by atoms with Crippen LogP contribution in [0, 0.1) is 6.92 Å². The monoisotopic (exact) mass is 257 g/mol. The van der Waals surface area contributed by atoms with Crippen LogP contribution in [0.3, 0.4) is 0 Å². The molecule has 3 heteroatoms. The first-order valence-corrected chi connectivity index (χ1v) is 7.01. The first kappa shape index (κ1) is 13.7. The molecule has 1 aromatic carbocycles. The molecule has 3 nitrogen and oxygen atoms in total. The van der Waals surface area contributed by atoms with E-state index in [4.69, 9.17) is 0 Å². The molecular formula is C16H23N3. The van der Waals surface area contributed by atoms with Crippen molar-refractivity contribution in [1.29, 1.82) is 0 Å². The van der Waals surface area contributed by atoms with Crippen molar-refractivity contribution in [3.63, 3.8) is 0 Å². The molecule has 0 saturated heterocycles. The number of rotatable bonds is 5. The summed E-state index contributed by atoms with van der Waals surface area (Å²) in [6, 6.07) is 8.55. The van der Waals surface area contributed by atoms with E-state index in [0.29, 0.717) is 5.92 Å². The summed E-state index contributed by atoms with van der Waals surface area (Å²) in [5, 5.41) is 3.43. The normalized spacial score (nSPS) is 11.0. The molecule has 2 rings (SSSR count). The van der Waals surface area contributed by atoms with Crippen LogP contribution < -0.4 is 5.32 Å². The van der Waals surface area contributed by atoms with Crippen LogP contribution >= 0.6 is 0 Å². The molecule has 1 N–H and O–H groups in total. The molecule has 0 spiro atoms. The Morgan fingerprint density at radius 1 is 1.32 bits per heavy atom. The smallest absolute Gasteiger partial charge is 0.207 e. The molecule has 0 amide bonds. The van der Waals surface area contributed by atoms with Crippen molar-refractivity contribution in [2.24, 2.45) is 0 Å². The maximum absolute atomic E-state index is 4.55. The van der Waals surface area contributed by atoms with Gasteiger partial charge in [-0.15, -0.1) is 0 Å². The summed E-state index contributed by atoms with van der Waals surface area (Å²) in [6.07, 6.45) is 3.20. The van der Waals surface area contributed by atoms with E-state index in [2.05, 4.69) is 66.1 Å². The summed E-state index contributed by atoms with van der Waals surface area (Å²) in [6.45, 7) is 9.62. The SMILES string of the molecule is CCCn1cc(C)nc1Nc1cccc(C(C)C)c1. The first-order valence-electron chi connectivity index (χ1n) is 7.01. The second-order valence-electron chi connectivity index (χ2n) is 5.30. The van der Waals surface area contributed by atoms with Gasteiger partial charge in [0, 0.05) is 18.4 Å². The number of anilines is 2. The number of aromatic nitrogens is 2. The van der Waals surface area contributed by atoms with Crippen LogP contribution in [0.1, 0.15) is 44.4 Å². The Morgan fingerprint density at radius 2 is 2.11 bits per heavy atom. The number of aryl methyl sites for hydroxylation is 2. The summed E-state index contributed by atoms with van der Waals surface area (Å²) in [4.78, 5) is 4.55. The van der Waals surface area contributed by atoms with E-state index in [0.717, 1.165) is 30.3 Å². The average molecular weight is 257 g/mol. The molecule has 0 unspecified atom stereocenters. The fourth-order valence-corrected chi connectivity index (χ4v) is 2.16. The summed E-state index contributed by atoms with van der Waals surface area (Å²) in [5.41, 5.74) is 3.50. The van der Waals surface area contributed by atoms with E-state index in [1.54, 1.807) is 0 Å². The Labute approximate surface area is 115 Å². The van der Waals surface area contributed by atoms with Gasteiger partial charge in [0.1, 0.15) is 0 Å². The van der Waals surface area contributed by atoms with Gasteiger partial charge in [0.05, 0.1) is 5.69 Å². The molecule has 1 heterocycles. The van der Waals surface area contributed by atoms with Gasteiger partial charge in [0.2, 0.25) is 5.95 Å². The topological polar surface area (TPSA) is 29.9 Å². The Kier molecular flexibility index (Phi) is 4.25.